The number of rotatable bonds is 1. The first-order valence-corrected chi connectivity index (χ1v) is 1.83. The molecule has 0 amide bonds. The molecule has 0 heterocycles. The minimum Gasteiger partial charge on any atom is -0.544 e. The molecule has 0 aliphatic carbocycles. The summed E-state index contributed by atoms with van der Waals surface area (Å²) in [6.45, 7) is 1.29. The van der Waals surface area contributed by atoms with E-state index in [0.29, 0.717) is 0 Å². The molecule has 0 N–H and O–H groups in total. The second kappa shape index (κ2) is 2.90. The molecule has 0 bridgehead atoms. The summed E-state index contributed by atoms with van der Waals surface area (Å²) in [5, 5.41) is 0. The van der Waals surface area contributed by atoms with E-state index < -0.39 is 0 Å². The van der Waals surface area contributed by atoms with Crippen molar-refractivity contribution in [3.05, 3.63) is 12.1 Å². The lowest BCUT2D eigenvalue weighted by molar-refractivity contribution is 0.491. The van der Waals surface area contributed by atoms with Crippen LogP contribution < -0.4 is 0 Å². The Hall–Kier alpha value is -0.313. The van der Waals surface area contributed by atoms with E-state index in [4.69, 9.17) is 0 Å². The highest BCUT2D eigenvalue weighted by molar-refractivity contribution is 5.98. The molecule has 3 radical (unpaired) electrons. The second-order valence-corrected chi connectivity index (χ2v) is 1.06. The fourth-order valence-electron chi connectivity index (χ4n) is 0.0812. The number of allylic oxidation sites excluding steroid dienone is 1. The summed E-state index contributed by atoms with van der Waals surface area (Å²) < 4.78 is 15.5. The van der Waals surface area contributed by atoms with Crippen molar-refractivity contribution >= 4 is 10.5 Å². The van der Waals surface area contributed by atoms with Gasteiger partial charge in [0.05, 0.1) is 6.26 Å². The van der Waals surface area contributed by atoms with E-state index in [-0.39, 0.29) is 5.83 Å². The Bertz CT molecular complexity index is 57.8. The van der Waals surface area contributed by atoms with Gasteiger partial charge in [0.15, 0.2) is 0 Å². The summed E-state index contributed by atoms with van der Waals surface area (Å²) >= 11 is 0. The molecule has 6 heavy (non-hydrogen) atoms. The minimum atomic E-state index is -0.356. The molecule has 0 saturated carbocycles. The Labute approximate surface area is 39.4 Å². The van der Waals surface area contributed by atoms with E-state index in [1.54, 1.807) is 0 Å². The standard InChI is InChI=1S/C3H4FOSi/c1-3(4)2-5-6/h2H,1H3/b3-2-. The quantitative estimate of drug-likeness (QED) is 0.354. The molecule has 0 fully saturated rings. The topological polar surface area (TPSA) is 9.23 Å². The predicted octanol–water partition coefficient (Wildman–Crippen LogP) is 0.917. The fourth-order valence-corrected chi connectivity index (χ4v) is 0.244. The Kier molecular flexibility index (Phi) is 2.75. The first-order valence-electron chi connectivity index (χ1n) is 1.42. The zero-order valence-electron chi connectivity index (χ0n) is 3.36. The van der Waals surface area contributed by atoms with Crippen LogP contribution in [0, 0.1) is 0 Å². The zero-order valence-corrected chi connectivity index (χ0v) is 4.36. The van der Waals surface area contributed by atoms with Gasteiger partial charge in [0.2, 0.25) is 0 Å². The molecule has 0 rings (SSSR count). The summed E-state index contributed by atoms with van der Waals surface area (Å²) in [5.74, 6) is -0.356. The molecule has 0 aromatic rings. The largest absolute Gasteiger partial charge is 0.544 e. The van der Waals surface area contributed by atoms with Gasteiger partial charge in [-0.3, -0.25) is 0 Å². The summed E-state index contributed by atoms with van der Waals surface area (Å²) in [6.07, 6.45) is 0.955. The van der Waals surface area contributed by atoms with E-state index in [2.05, 4.69) is 14.9 Å². The molecule has 0 unspecified atom stereocenters. The normalized spacial score (nSPS) is 11.5. The third-order valence-electron chi connectivity index (χ3n) is 0.221. The van der Waals surface area contributed by atoms with Crippen LogP contribution in [-0.2, 0) is 4.43 Å². The highest BCUT2D eigenvalue weighted by Crippen LogP contribution is 1.89. The Morgan fingerprint density at radius 2 is 2.50 bits per heavy atom. The molecule has 3 heteroatoms. The maximum Gasteiger partial charge on any atom is 0.340 e. The zero-order chi connectivity index (χ0) is 4.99. The molecule has 0 saturated heterocycles. The first-order chi connectivity index (χ1) is 2.77. The molecule has 1 nitrogen and oxygen atoms in total. The van der Waals surface area contributed by atoms with Crippen LogP contribution >= 0.6 is 0 Å². The number of hydrogen-bond acceptors (Lipinski definition) is 1. The maximum atomic E-state index is 11.4. The maximum absolute atomic E-state index is 11.4. The lowest BCUT2D eigenvalue weighted by Crippen LogP contribution is -1.67. The lowest BCUT2D eigenvalue weighted by Gasteiger charge is -1.81. The molecular formula is C3H4FOSi. The van der Waals surface area contributed by atoms with Gasteiger partial charge < -0.3 is 4.43 Å². The van der Waals surface area contributed by atoms with Crippen LogP contribution in [0.15, 0.2) is 12.1 Å². The van der Waals surface area contributed by atoms with E-state index in [0.717, 1.165) is 6.26 Å². The van der Waals surface area contributed by atoms with Crippen LogP contribution in [0.1, 0.15) is 6.92 Å². The average Bonchev–Trinajstić information content (AvgIpc) is 1.35. The average molecular weight is 103 g/mol. The van der Waals surface area contributed by atoms with Gasteiger partial charge in [-0.1, -0.05) is 0 Å². The minimum absolute atomic E-state index is 0.356. The summed E-state index contributed by atoms with van der Waals surface area (Å²) in [6, 6.07) is 0. The number of halogens is 1. The SMILES string of the molecule is C/C(F)=C/O[Si]. The van der Waals surface area contributed by atoms with E-state index in [9.17, 15) is 4.39 Å². The van der Waals surface area contributed by atoms with Gasteiger partial charge in [-0.2, -0.15) is 0 Å². The van der Waals surface area contributed by atoms with Crippen LogP contribution in [0.4, 0.5) is 4.39 Å². The summed E-state index contributed by atoms with van der Waals surface area (Å²) in [7, 11) is 2.58. The van der Waals surface area contributed by atoms with Crippen LogP contribution in [0.3, 0.4) is 0 Å². The van der Waals surface area contributed by atoms with Crippen molar-refractivity contribution in [3.63, 3.8) is 0 Å². The van der Waals surface area contributed by atoms with Crippen molar-refractivity contribution in [1.82, 2.24) is 0 Å². The van der Waals surface area contributed by atoms with Crippen LogP contribution in [0.25, 0.3) is 0 Å². The van der Waals surface area contributed by atoms with Crippen molar-refractivity contribution < 1.29 is 8.82 Å². The number of hydrogen-bond donors (Lipinski definition) is 0. The molecule has 0 atom stereocenters. The highest BCUT2D eigenvalue weighted by atomic mass is 28.2. The third kappa shape index (κ3) is 3.69. The van der Waals surface area contributed by atoms with Gasteiger partial charge in [-0.15, -0.1) is 0 Å². The monoisotopic (exact) mass is 103 g/mol. The summed E-state index contributed by atoms with van der Waals surface area (Å²) in [5.41, 5.74) is 0. The third-order valence-corrected chi connectivity index (χ3v) is 0.339. The van der Waals surface area contributed by atoms with Crippen molar-refractivity contribution in [3.8, 4) is 0 Å². The van der Waals surface area contributed by atoms with Gasteiger partial charge in [0, 0.05) is 0 Å². The predicted molar refractivity (Wildman–Crippen MR) is 21.7 cm³/mol. The molecule has 0 aliphatic heterocycles. The molecule has 0 aliphatic rings. The van der Waals surface area contributed by atoms with Gasteiger partial charge in [0.25, 0.3) is 0 Å². The molecule has 33 valence electrons. The Morgan fingerprint density at radius 3 is 2.50 bits per heavy atom. The molecular weight excluding hydrogens is 99.1 g/mol. The molecule has 0 aromatic carbocycles. The Morgan fingerprint density at radius 1 is 2.00 bits per heavy atom. The van der Waals surface area contributed by atoms with E-state index in [1.165, 1.54) is 6.92 Å². The Balaban J connectivity index is 3.14. The van der Waals surface area contributed by atoms with Crippen LogP contribution in [0.2, 0.25) is 0 Å². The fraction of sp³-hybridized carbons (Fsp3) is 0.333. The van der Waals surface area contributed by atoms with Crippen molar-refractivity contribution in [2.45, 2.75) is 6.92 Å². The smallest absolute Gasteiger partial charge is 0.340 e. The van der Waals surface area contributed by atoms with Crippen molar-refractivity contribution in [2.75, 3.05) is 0 Å². The van der Waals surface area contributed by atoms with Gasteiger partial charge in [0.1, 0.15) is 5.83 Å². The molecule has 0 spiro atoms. The second-order valence-electron chi connectivity index (χ2n) is 0.822. The van der Waals surface area contributed by atoms with Crippen LogP contribution in [0.5, 0.6) is 0 Å². The van der Waals surface area contributed by atoms with Crippen molar-refractivity contribution in [1.29, 1.82) is 0 Å². The van der Waals surface area contributed by atoms with Crippen molar-refractivity contribution in [2.24, 2.45) is 0 Å². The van der Waals surface area contributed by atoms with E-state index >= 15 is 0 Å². The van der Waals surface area contributed by atoms with Gasteiger partial charge >= 0.3 is 10.5 Å². The highest BCUT2D eigenvalue weighted by Gasteiger charge is 1.73. The van der Waals surface area contributed by atoms with Gasteiger partial charge in [-0.25, -0.2) is 4.39 Å². The molecule has 0 aromatic heterocycles. The lowest BCUT2D eigenvalue weighted by atomic mass is 10.7. The van der Waals surface area contributed by atoms with Gasteiger partial charge in [-0.05, 0) is 6.92 Å². The summed E-state index contributed by atoms with van der Waals surface area (Å²) in [4.78, 5) is 0. The van der Waals surface area contributed by atoms with E-state index in [1.807, 2.05) is 0 Å². The first kappa shape index (κ1) is 5.69. The van der Waals surface area contributed by atoms with Crippen LogP contribution in [-0.4, -0.2) is 10.5 Å².